The molecule has 3 heterocycles. The molecule has 2 aliphatic heterocycles. The zero-order valence-electron chi connectivity index (χ0n) is 25.2. The lowest BCUT2D eigenvalue weighted by atomic mass is 9.73. The summed E-state index contributed by atoms with van der Waals surface area (Å²) in [6.45, 7) is 11.0. The molecule has 3 fully saturated rings. The molecule has 1 aromatic carbocycles. The van der Waals surface area contributed by atoms with Gasteiger partial charge in [0.1, 0.15) is 12.1 Å². The number of carbonyl (C=O) groups excluding carboxylic acids is 1. The molecule has 2 aromatic rings. The van der Waals surface area contributed by atoms with Crippen molar-refractivity contribution in [3.05, 3.63) is 58.8 Å². The molecule has 8 heteroatoms. The first kappa shape index (κ1) is 29.5. The molecule has 1 N–H and O–H groups in total. The number of pyridine rings is 1. The van der Waals surface area contributed by atoms with Gasteiger partial charge in [-0.05, 0) is 72.6 Å². The highest BCUT2D eigenvalue weighted by molar-refractivity contribution is 5.88. The second-order valence-electron chi connectivity index (χ2n) is 13.3. The van der Waals surface area contributed by atoms with Crippen molar-refractivity contribution in [1.29, 1.82) is 0 Å². The van der Waals surface area contributed by atoms with Crippen molar-refractivity contribution < 1.29 is 28.9 Å². The Morgan fingerprint density at radius 3 is 2.51 bits per heavy atom. The maximum absolute atomic E-state index is 14.2. The van der Waals surface area contributed by atoms with Gasteiger partial charge in [-0.1, -0.05) is 52.0 Å². The first-order chi connectivity index (χ1) is 19.5. The average Bonchev–Trinajstić information content (AvgIpc) is 3.60. The van der Waals surface area contributed by atoms with Gasteiger partial charge in [0.2, 0.25) is 5.88 Å². The van der Waals surface area contributed by atoms with Crippen molar-refractivity contribution in [3.8, 4) is 5.88 Å². The van der Waals surface area contributed by atoms with Gasteiger partial charge in [0, 0.05) is 24.3 Å². The van der Waals surface area contributed by atoms with Crippen LogP contribution < -0.4 is 4.74 Å². The fourth-order valence-electron chi connectivity index (χ4n) is 6.71. The van der Waals surface area contributed by atoms with E-state index in [2.05, 4.69) is 18.0 Å². The minimum atomic E-state index is -1.07. The molecular weight excluding hydrogens is 520 g/mol. The molecule has 0 bridgehead atoms. The van der Waals surface area contributed by atoms with Gasteiger partial charge < -0.3 is 24.2 Å². The van der Waals surface area contributed by atoms with E-state index in [0.29, 0.717) is 18.9 Å². The summed E-state index contributed by atoms with van der Waals surface area (Å²) < 4.78 is 18.3. The molecule has 0 unspecified atom stereocenters. The molecule has 1 aliphatic carbocycles. The van der Waals surface area contributed by atoms with E-state index in [1.54, 1.807) is 12.0 Å². The van der Waals surface area contributed by atoms with Crippen LogP contribution >= 0.6 is 0 Å². The van der Waals surface area contributed by atoms with Crippen molar-refractivity contribution in [1.82, 2.24) is 9.88 Å². The summed E-state index contributed by atoms with van der Waals surface area (Å²) in [4.78, 5) is 33.5. The second-order valence-corrected chi connectivity index (χ2v) is 13.3. The van der Waals surface area contributed by atoms with Crippen molar-refractivity contribution in [2.75, 3.05) is 13.7 Å². The molecule has 2 saturated heterocycles. The molecule has 41 heavy (non-hydrogen) atoms. The fraction of sp³-hybridized carbons (Fsp3) is 0.606. The quantitative estimate of drug-likeness (QED) is 0.445. The van der Waals surface area contributed by atoms with Crippen molar-refractivity contribution in [2.45, 2.75) is 103 Å². The zero-order valence-corrected chi connectivity index (χ0v) is 25.2. The number of carbonyl (C=O) groups is 2. The predicted molar refractivity (Wildman–Crippen MR) is 155 cm³/mol. The first-order valence-corrected chi connectivity index (χ1v) is 14.8. The van der Waals surface area contributed by atoms with Gasteiger partial charge in [-0.2, -0.15) is 0 Å². The van der Waals surface area contributed by atoms with E-state index in [1.165, 1.54) is 0 Å². The van der Waals surface area contributed by atoms with Gasteiger partial charge >= 0.3 is 5.97 Å². The first-order valence-electron chi connectivity index (χ1n) is 14.8. The third-order valence-corrected chi connectivity index (χ3v) is 9.32. The third kappa shape index (κ3) is 5.73. The van der Waals surface area contributed by atoms with Crippen LogP contribution in [0, 0.1) is 18.3 Å². The van der Waals surface area contributed by atoms with Crippen molar-refractivity contribution in [3.63, 3.8) is 0 Å². The summed E-state index contributed by atoms with van der Waals surface area (Å²) in [5.41, 5.74) is 3.49. The Bertz CT molecular complexity index is 1280. The van der Waals surface area contributed by atoms with E-state index in [4.69, 9.17) is 14.2 Å². The third-order valence-electron chi connectivity index (χ3n) is 9.32. The molecular formula is C33H44N2O6. The van der Waals surface area contributed by atoms with E-state index in [0.717, 1.165) is 47.9 Å². The monoisotopic (exact) mass is 564 g/mol. The van der Waals surface area contributed by atoms with E-state index < -0.39 is 41.6 Å². The SMILES string of the molecule is COc1ncc(C2(C)CC2)cc1CO[C@H]1[C@H](C(C)(C)C)[C@@H](C(=O)O)N(C(=O)[C@@H]2CCCCO2)[C@H]1c1ccccc1C. The van der Waals surface area contributed by atoms with Crippen LogP contribution in [0.4, 0.5) is 0 Å². The lowest BCUT2D eigenvalue weighted by molar-refractivity contribution is -0.159. The Labute approximate surface area is 243 Å². The van der Waals surface area contributed by atoms with E-state index in [9.17, 15) is 14.7 Å². The van der Waals surface area contributed by atoms with Crippen LogP contribution in [0.15, 0.2) is 36.5 Å². The lowest BCUT2D eigenvalue weighted by Gasteiger charge is -2.35. The smallest absolute Gasteiger partial charge is 0.326 e. The van der Waals surface area contributed by atoms with Gasteiger partial charge in [-0.3, -0.25) is 4.79 Å². The maximum atomic E-state index is 14.2. The number of nitrogens with zero attached hydrogens (tertiary/aromatic N) is 2. The Kier molecular flexibility index (Phi) is 8.18. The Morgan fingerprint density at radius 2 is 1.93 bits per heavy atom. The molecule has 8 nitrogen and oxygen atoms in total. The van der Waals surface area contributed by atoms with E-state index in [1.807, 2.05) is 58.2 Å². The summed E-state index contributed by atoms with van der Waals surface area (Å²) in [6, 6.07) is 8.32. The molecule has 1 saturated carbocycles. The van der Waals surface area contributed by atoms with E-state index in [-0.39, 0.29) is 17.9 Å². The number of ether oxygens (including phenoxy) is 3. The molecule has 1 aromatic heterocycles. The number of aliphatic carboxylic acids is 1. The average molecular weight is 565 g/mol. The van der Waals surface area contributed by atoms with Gasteiger partial charge in [-0.15, -0.1) is 0 Å². The van der Waals surface area contributed by atoms with Crippen LogP contribution in [0.25, 0.3) is 0 Å². The van der Waals surface area contributed by atoms with Crippen LogP contribution in [0.5, 0.6) is 5.88 Å². The Morgan fingerprint density at radius 1 is 1.20 bits per heavy atom. The summed E-state index contributed by atoms with van der Waals surface area (Å²) in [7, 11) is 1.60. The predicted octanol–water partition coefficient (Wildman–Crippen LogP) is 5.60. The highest BCUT2D eigenvalue weighted by Gasteiger charge is 2.59. The second kappa shape index (κ2) is 11.4. The topological polar surface area (TPSA) is 98.2 Å². The highest BCUT2D eigenvalue weighted by Crippen LogP contribution is 2.51. The Hall–Kier alpha value is -2.97. The molecule has 0 spiro atoms. The number of hydrogen-bond donors (Lipinski definition) is 1. The number of carboxylic acids is 1. The van der Waals surface area contributed by atoms with Crippen LogP contribution in [0.3, 0.4) is 0 Å². The minimum Gasteiger partial charge on any atom is -0.481 e. The van der Waals surface area contributed by atoms with Crippen LogP contribution in [0.1, 0.15) is 88.1 Å². The summed E-state index contributed by atoms with van der Waals surface area (Å²) in [5, 5.41) is 10.7. The summed E-state index contributed by atoms with van der Waals surface area (Å²) in [5.74, 6) is -1.29. The van der Waals surface area contributed by atoms with Crippen molar-refractivity contribution >= 4 is 11.9 Å². The van der Waals surface area contributed by atoms with Crippen LogP contribution in [0.2, 0.25) is 0 Å². The number of hydrogen-bond acceptors (Lipinski definition) is 6. The molecule has 5 rings (SSSR count). The summed E-state index contributed by atoms with van der Waals surface area (Å²) in [6.07, 6.45) is 5.23. The van der Waals surface area contributed by atoms with Crippen LogP contribution in [-0.4, -0.2) is 58.8 Å². The molecule has 3 aliphatic rings. The van der Waals surface area contributed by atoms with Crippen LogP contribution in [-0.2, 0) is 31.1 Å². The van der Waals surface area contributed by atoms with Crippen molar-refractivity contribution in [2.24, 2.45) is 11.3 Å². The van der Waals surface area contributed by atoms with Gasteiger partial charge in [0.25, 0.3) is 5.91 Å². The normalized spacial score (nSPS) is 27.5. The number of rotatable bonds is 8. The number of benzene rings is 1. The number of aryl methyl sites for hydroxylation is 1. The van der Waals surface area contributed by atoms with E-state index >= 15 is 0 Å². The summed E-state index contributed by atoms with van der Waals surface area (Å²) >= 11 is 0. The zero-order chi connectivity index (χ0) is 29.5. The standard InChI is InChI=1S/C33H44N2O6/c1-20-11-7-8-12-23(20)26-28(41-19-21-17-22(33(5)14-15-33)18-34-29(21)39-6)25(32(2,3)4)27(31(37)38)35(26)30(36)24-13-9-10-16-40-24/h7-8,11-12,17-18,24-28H,9-10,13-16,19H2,1-6H3,(H,37,38)/t24-,25+,26-,27-,28-/m0/s1. The minimum absolute atomic E-state index is 0.122. The van der Waals surface area contributed by atoms with Gasteiger partial charge in [0.05, 0.1) is 25.9 Å². The lowest BCUT2D eigenvalue weighted by Crippen LogP contribution is -2.51. The number of methoxy groups -OCH3 is 1. The number of aromatic nitrogens is 1. The fourth-order valence-corrected chi connectivity index (χ4v) is 6.71. The largest absolute Gasteiger partial charge is 0.481 e. The highest BCUT2D eigenvalue weighted by atomic mass is 16.5. The Balaban J connectivity index is 1.59. The number of likely N-dealkylation sites (tertiary alicyclic amines) is 1. The van der Waals surface area contributed by atoms with Gasteiger partial charge in [0.15, 0.2) is 0 Å². The van der Waals surface area contributed by atoms with Gasteiger partial charge in [-0.25, -0.2) is 9.78 Å². The molecule has 1 amide bonds. The molecule has 222 valence electrons. The molecule has 0 radical (unpaired) electrons. The maximum Gasteiger partial charge on any atom is 0.326 e. The number of carboxylic acid groups (broad SMARTS) is 1. The molecule has 5 atom stereocenters. The number of amides is 1.